The number of aromatic nitrogens is 4. The van der Waals surface area contributed by atoms with Gasteiger partial charge in [0.05, 0.1) is 23.0 Å². The Balaban J connectivity index is 2.20. The van der Waals surface area contributed by atoms with Gasteiger partial charge in [0, 0.05) is 23.1 Å². The third-order valence-electron chi connectivity index (χ3n) is 3.14. The van der Waals surface area contributed by atoms with E-state index in [0.717, 1.165) is 26.8 Å². The Kier molecular flexibility index (Phi) is 2.22. The Morgan fingerprint density at radius 1 is 1.11 bits per heavy atom. The molecule has 0 aliphatic rings. The second-order valence-electron chi connectivity index (χ2n) is 4.30. The van der Waals surface area contributed by atoms with Crippen molar-refractivity contribution in [1.29, 1.82) is 0 Å². The summed E-state index contributed by atoms with van der Waals surface area (Å²) in [5.74, 6) is 0. The maximum atomic E-state index is 4.64. The van der Waals surface area contributed by atoms with Gasteiger partial charge >= 0.3 is 0 Å². The monoisotopic (exact) mass is 312 g/mol. The van der Waals surface area contributed by atoms with Gasteiger partial charge in [-0.3, -0.25) is 4.40 Å². The highest BCUT2D eigenvalue weighted by Crippen LogP contribution is 2.25. The van der Waals surface area contributed by atoms with Crippen molar-refractivity contribution in [3.8, 4) is 5.69 Å². The summed E-state index contributed by atoms with van der Waals surface area (Å²) in [6.45, 7) is 0. The molecule has 3 heterocycles. The van der Waals surface area contributed by atoms with E-state index in [1.807, 2.05) is 41.2 Å². The Labute approximate surface area is 117 Å². The summed E-state index contributed by atoms with van der Waals surface area (Å²) < 4.78 is 5.12. The van der Waals surface area contributed by atoms with E-state index in [0.29, 0.717) is 0 Å². The Bertz CT molecular complexity index is 877. The normalized spacial score (nSPS) is 11.4. The van der Waals surface area contributed by atoms with Gasteiger partial charge in [-0.05, 0) is 40.2 Å². The Morgan fingerprint density at radius 3 is 2.89 bits per heavy atom. The molecule has 0 saturated carbocycles. The molecule has 5 heteroatoms. The lowest BCUT2D eigenvalue weighted by atomic mass is 10.2. The van der Waals surface area contributed by atoms with E-state index in [1.54, 1.807) is 12.5 Å². The van der Waals surface area contributed by atoms with E-state index in [9.17, 15) is 0 Å². The van der Waals surface area contributed by atoms with Crippen LogP contribution in [-0.4, -0.2) is 18.9 Å². The highest BCUT2D eigenvalue weighted by atomic mass is 79.9. The predicted octanol–water partition coefficient (Wildman–Crippen LogP) is 3.44. The molecule has 0 atom stereocenters. The summed E-state index contributed by atoms with van der Waals surface area (Å²) in [5, 5.41) is 0. The standard InChI is InChI=1S/C14H9BrN4/c15-10-4-5-13-17-11-2-1-3-12(14(11)19(13)8-10)18-7-6-16-9-18/h1-9H. The smallest absolute Gasteiger partial charge is 0.138 e. The summed E-state index contributed by atoms with van der Waals surface area (Å²) in [6, 6.07) is 10.1. The molecule has 0 amide bonds. The van der Waals surface area contributed by atoms with Gasteiger partial charge in [-0.1, -0.05) is 6.07 Å². The fourth-order valence-corrected chi connectivity index (χ4v) is 2.66. The molecule has 4 nitrogen and oxygen atoms in total. The molecule has 0 bridgehead atoms. The van der Waals surface area contributed by atoms with Gasteiger partial charge in [-0.2, -0.15) is 0 Å². The van der Waals surface area contributed by atoms with Crippen molar-refractivity contribution >= 4 is 32.6 Å². The predicted molar refractivity (Wildman–Crippen MR) is 77.5 cm³/mol. The number of hydrogen-bond donors (Lipinski definition) is 0. The van der Waals surface area contributed by atoms with Gasteiger partial charge in [0.2, 0.25) is 0 Å². The maximum absolute atomic E-state index is 4.64. The van der Waals surface area contributed by atoms with Gasteiger partial charge in [0.15, 0.2) is 0 Å². The van der Waals surface area contributed by atoms with Crippen LogP contribution >= 0.6 is 15.9 Å². The van der Waals surface area contributed by atoms with Gasteiger partial charge in [0.25, 0.3) is 0 Å². The van der Waals surface area contributed by atoms with Crippen molar-refractivity contribution in [2.24, 2.45) is 0 Å². The minimum absolute atomic E-state index is 0.936. The maximum Gasteiger partial charge on any atom is 0.138 e. The molecule has 0 N–H and O–H groups in total. The molecule has 0 radical (unpaired) electrons. The summed E-state index contributed by atoms with van der Waals surface area (Å²) in [4.78, 5) is 8.75. The number of pyridine rings is 1. The molecule has 0 unspecified atom stereocenters. The van der Waals surface area contributed by atoms with Crippen LogP contribution in [0, 0.1) is 0 Å². The molecule has 0 saturated heterocycles. The number of fused-ring (bicyclic) bond motifs is 3. The SMILES string of the molecule is Brc1ccc2nc3cccc(-n4ccnc4)c3n2c1. The molecule has 0 aliphatic heterocycles. The first kappa shape index (κ1) is 10.8. The fraction of sp³-hybridized carbons (Fsp3) is 0. The van der Waals surface area contributed by atoms with Crippen molar-refractivity contribution in [1.82, 2.24) is 18.9 Å². The van der Waals surface area contributed by atoms with Crippen LogP contribution in [0.2, 0.25) is 0 Å². The zero-order valence-corrected chi connectivity index (χ0v) is 11.4. The number of hydrogen-bond acceptors (Lipinski definition) is 2. The van der Waals surface area contributed by atoms with Crippen molar-refractivity contribution in [3.63, 3.8) is 0 Å². The minimum atomic E-state index is 0.936. The second kappa shape index (κ2) is 3.93. The third kappa shape index (κ3) is 1.58. The van der Waals surface area contributed by atoms with Crippen molar-refractivity contribution in [2.75, 3.05) is 0 Å². The van der Waals surface area contributed by atoms with Crippen molar-refractivity contribution < 1.29 is 0 Å². The lowest BCUT2D eigenvalue weighted by Gasteiger charge is -2.05. The quantitative estimate of drug-likeness (QED) is 0.539. The summed E-state index contributed by atoms with van der Waals surface area (Å²) in [6.07, 6.45) is 7.54. The molecule has 1 aromatic carbocycles. The number of benzene rings is 1. The van der Waals surface area contributed by atoms with E-state index < -0.39 is 0 Å². The van der Waals surface area contributed by atoms with E-state index >= 15 is 0 Å². The van der Waals surface area contributed by atoms with Gasteiger partial charge in [-0.25, -0.2) is 9.97 Å². The number of para-hydroxylation sites is 1. The third-order valence-corrected chi connectivity index (χ3v) is 3.61. The first-order valence-electron chi connectivity index (χ1n) is 5.87. The van der Waals surface area contributed by atoms with Crippen molar-refractivity contribution in [3.05, 3.63) is 59.7 Å². The molecule has 0 aliphatic carbocycles. The lowest BCUT2D eigenvalue weighted by Crippen LogP contribution is -1.94. The summed E-state index contributed by atoms with van der Waals surface area (Å²) in [5.41, 5.74) is 4.06. The summed E-state index contributed by atoms with van der Waals surface area (Å²) >= 11 is 3.51. The van der Waals surface area contributed by atoms with E-state index in [-0.39, 0.29) is 0 Å². The van der Waals surface area contributed by atoms with E-state index in [2.05, 4.69) is 36.4 Å². The summed E-state index contributed by atoms with van der Waals surface area (Å²) in [7, 11) is 0. The van der Waals surface area contributed by atoms with Gasteiger partial charge in [0.1, 0.15) is 5.65 Å². The van der Waals surface area contributed by atoms with Crippen LogP contribution in [0.4, 0.5) is 0 Å². The lowest BCUT2D eigenvalue weighted by molar-refractivity contribution is 1.06. The molecule has 0 spiro atoms. The first-order chi connectivity index (χ1) is 9.33. The van der Waals surface area contributed by atoms with Crippen LogP contribution in [0.15, 0.2) is 59.7 Å². The Hall–Kier alpha value is -2.14. The molecular weight excluding hydrogens is 304 g/mol. The van der Waals surface area contributed by atoms with Crippen LogP contribution in [-0.2, 0) is 0 Å². The number of halogens is 1. The van der Waals surface area contributed by atoms with Crippen LogP contribution in [0.1, 0.15) is 0 Å². The number of nitrogens with zero attached hydrogens (tertiary/aromatic N) is 4. The zero-order chi connectivity index (χ0) is 12.8. The van der Waals surface area contributed by atoms with Gasteiger partial charge < -0.3 is 4.57 Å². The zero-order valence-electron chi connectivity index (χ0n) is 9.86. The van der Waals surface area contributed by atoms with E-state index in [4.69, 9.17) is 0 Å². The topological polar surface area (TPSA) is 35.1 Å². The molecule has 4 rings (SSSR count). The van der Waals surface area contributed by atoms with Crippen LogP contribution in [0.3, 0.4) is 0 Å². The number of imidazole rings is 2. The molecule has 19 heavy (non-hydrogen) atoms. The van der Waals surface area contributed by atoms with Crippen LogP contribution < -0.4 is 0 Å². The van der Waals surface area contributed by atoms with Gasteiger partial charge in [-0.15, -0.1) is 0 Å². The average molecular weight is 313 g/mol. The molecule has 0 fully saturated rings. The minimum Gasteiger partial charge on any atom is -0.304 e. The fourth-order valence-electron chi connectivity index (χ4n) is 2.33. The molecule has 4 aromatic rings. The number of rotatable bonds is 1. The van der Waals surface area contributed by atoms with Crippen LogP contribution in [0.5, 0.6) is 0 Å². The van der Waals surface area contributed by atoms with Crippen LogP contribution in [0.25, 0.3) is 22.4 Å². The molecular formula is C14H9BrN4. The molecule has 92 valence electrons. The highest BCUT2D eigenvalue weighted by molar-refractivity contribution is 9.10. The molecule has 3 aromatic heterocycles. The second-order valence-corrected chi connectivity index (χ2v) is 5.22. The first-order valence-corrected chi connectivity index (χ1v) is 6.67. The highest BCUT2D eigenvalue weighted by Gasteiger charge is 2.10. The Morgan fingerprint density at radius 2 is 2.05 bits per heavy atom. The van der Waals surface area contributed by atoms with Crippen molar-refractivity contribution in [2.45, 2.75) is 0 Å². The largest absolute Gasteiger partial charge is 0.304 e. The van der Waals surface area contributed by atoms with E-state index in [1.165, 1.54) is 0 Å². The average Bonchev–Trinajstić information content (AvgIpc) is 3.04.